The molecule has 0 radical (unpaired) electrons. The van der Waals surface area contributed by atoms with Crippen LogP contribution in [0.2, 0.25) is 5.15 Å². The van der Waals surface area contributed by atoms with Crippen LogP contribution < -0.4 is 4.72 Å². The van der Waals surface area contributed by atoms with E-state index in [2.05, 4.69) is 9.71 Å². The van der Waals surface area contributed by atoms with Crippen LogP contribution in [0.3, 0.4) is 0 Å². The highest BCUT2D eigenvalue weighted by atomic mass is 35.5. The lowest BCUT2D eigenvalue weighted by Gasteiger charge is -2.17. The minimum absolute atomic E-state index is 0.00658. The lowest BCUT2D eigenvalue weighted by molar-refractivity contribution is -0.136. The van der Waals surface area contributed by atoms with Gasteiger partial charge in [0.25, 0.3) is 5.91 Å². The number of halogens is 4. The maximum Gasteiger partial charge on any atom is 0.420 e. The van der Waals surface area contributed by atoms with Gasteiger partial charge in [0, 0.05) is 36.3 Å². The first kappa shape index (κ1) is 25.3. The number of pyridine rings is 1. The lowest BCUT2D eigenvalue weighted by atomic mass is 9.95. The van der Waals surface area contributed by atoms with Gasteiger partial charge in [0.05, 0.1) is 24.1 Å². The van der Waals surface area contributed by atoms with Crippen molar-refractivity contribution >= 4 is 33.5 Å². The summed E-state index contributed by atoms with van der Waals surface area (Å²) in [6.07, 6.45) is -0.896. The van der Waals surface area contributed by atoms with Gasteiger partial charge in [-0.05, 0) is 17.7 Å². The number of nitrogens with zero attached hydrogens (tertiary/aromatic N) is 3. The highest BCUT2D eigenvalue weighted by Gasteiger charge is 2.41. The van der Waals surface area contributed by atoms with E-state index >= 15 is 0 Å². The van der Waals surface area contributed by atoms with Gasteiger partial charge in [-0.15, -0.1) is 0 Å². The highest BCUT2D eigenvalue weighted by Crippen LogP contribution is 2.38. The third-order valence-electron chi connectivity index (χ3n) is 6.16. The molecular weight excluding hydrogens is 537 g/mol. The van der Waals surface area contributed by atoms with Gasteiger partial charge in [0.2, 0.25) is 0 Å². The summed E-state index contributed by atoms with van der Waals surface area (Å²) >= 11 is 6.39. The van der Waals surface area contributed by atoms with Crippen molar-refractivity contribution in [3.05, 3.63) is 83.2 Å². The third kappa shape index (κ3) is 4.94. The maximum atomic E-state index is 13.9. The van der Waals surface area contributed by atoms with Gasteiger partial charge in [0.1, 0.15) is 5.15 Å². The van der Waals surface area contributed by atoms with E-state index in [-0.39, 0.29) is 23.8 Å². The van der Waals surface area contributed by atoms with Crippen LogP contribution in [-0.2, 0) is 16.5 Å². The molecule has 1 fully saturated rings. The van der Waals surface area contributed by atoms with E-state index in [4.69, 9.17) is 16.0 Å². The number of fused-ring (bicyclic) bond motifs is 1. The Hall–Kier alpha value is -3.39. The third-order valence-corrected chi connectivity index (χ3v) is 7.12. The summed E-state index contributed by atoms with van der Waals surface area (Å²) in [6.45, 7) is -0.165. The minimum atomic E-state index is -4.80. The van der Waals surface area contributed by atoms with Crippen molar-refractivity contribution < 1.29 is 35.4 Å². The molecule has 2 unspecified atom stereocenters. The summed E-state index contributed by atoms with van der Waals surface area (Å²) in [5.41, 5.74) is -0.856. The second kappa shape index (κ2) is 9.17. The molecule has 37 heavy (non-hydrogen) atoms. The van der Waals surface area contributed by atoms with Crippen molar-refractivity contribution in [2.45, 2.75) is 18.1 Å². The number of nitrogens with one attached hydrogen (secondary N) is 1. The number of hydrogen-bond donors (Lipinski definition) is 2. The van der Waals surface area contributed by atoms with Crippen molar-refractivity contribution in [1.82, 2.24) is 19.0 Å². The molecule has 9 nitrogen and oxygen atoms in total. The summed E-state index contributed by atoms with van der Waals surface area (Å²) < 4.78 is 82.3. The fourth-order valence-corrected chi connectivity index (χ4v) is 5.39. The number of hydrogen-bond acceptors (Lipinski definition) is 5. The molecule has 4 aromatic rings. The number of carbonyl (C=O) groups excluding carboxylic acids is 1. The van der Waals surface area contributed by atoms with Gasteiger partial charge in [-0.1, -0.05) is 41.9 Å². The molecule has 0 spiro atoms. The number of benzene rings is 1. The fraction of sp³-hybridized carbons (Fsp3) is 0.217. The maximum absolute atomic E-state index is 13.9. The van der Waals surface area contributed by atoms with E-state index in [9.17, 15) is 30.9 Å². The smallest absolute Gasteiger partial charge is 0.420 e. The second-order valence-electron chi connectivity index (χ2n) is 8.52. The molecule has 3 aromatic heterocycles. The zero-order valence-electron chi connectivity index (χ0n) is 18.7. The molecule has 1 saturated heterocycles. The Kier molecular flexibility index (Phi) is 6.26. The first-order valence-corrected chi connectivity index (χ1v) is 12.6. The molecule has 0 saturated carbocycles. The van der Waals surface area contributed by atoms with Crippen molar-refractivity contribution in [1.29, 1.82) is 0 Å². The normalized spacial score (nSPS) is 18.6. The number of likely N-dealkylation sites (tertiary alicyclic amines) is 1. The number of rotatable bonds is 5. The van der Waals surface area contributed by atoms with E-state index in [0.29, 0.717) is 11.1 Å². The Morgan fingerprint density at radius 2 is 1.89 bits per heavy atom. The molecule has 1 aromatic carbocycles. The molecule has 0 bridgehead atoms. The largest absolute Gasteiger partial charge is 0.472 e. The standard InChI is InChI=1S/C23H18ClF3N4O5S/c24-20-19(28-21-17(23(25,26)27)8-15(9-31(20)21)14-6-7-36-12-14)22(32)30-10-16(13-4-2-1-3-5-13)18(11-30)29-37(33,34)35/h1-9,12,16,18,29H,10-11H2,(H,33,34,35). The van der Waals surface area contributed by atoms with Crippen LogP contribution in [0.5, 0.6) is 0 Å². The Labute approximate surface area is 213 Å². The summed E-state index contributed by atoms with van der Waals surface area (Å²) in [6, 6.07) is 10.2. The van der Waals surface area contributed by atoms with Gasteiger partial charge >= 0.3 is 16.5 Å². The van der Waals surface area contributed by atoms with Crippen molar-refractivity contribution in [3.8, 4) is 11.1 Å². The van der Waals surface area contributed by atoms with E-state index in [1.54, 1.807) is 30.3 Å². The zero-order chi connectivity index (χ0) is 26.5. The van der Waals surface area contributed by atoms with Gasteiger partial charge in [-0.2, -0.15) is 26.3 Å². The van der Waals surface area contributed by atoms with E-state index in [1.807, 2.05) is 0 Å². The number of aromatic nitrogens is 2. The van der Waals surface area contributed by atoms with Crippen molar-refractivity contribution in [3.63, 3.8) is 0 Å². The molecule has 4 heterocycles. The van der Waals surface area contributed by atoms with E-state index in [1.165, 1.54) is 29.7 Å². The minimum Gasteiger partial charge on any atom is -0.472 e. The molecule has 1 amide bonds. The second-order valence-corrected chi connectivity index (χ2v) is 10.1. The molecular formula is C23H18ClF3N4O5S. The van der Waals surface area contributed by atoms with Crippen LogP contribution in [0.15, 0.2) is 65.6 Å². The van der Waals surface area contributed by atoms with Gasteiger partial charge in [-0.25, -0.2) is 4.98 Å². The van der Waals surface area contributed by atoms with Crippen LogP contribution in [0, 0.1) is 0 Å². The highest BCUT2D eigenvalue weighted by molar-refractivity contribution is 7.83. The van der Waals surface area contributed by atoms with Crippen LogP contribution in [0.4, 0.5) is 13.2 Å². The van der Waals surface area contributed by atoms with E-state index in [0.717, 1.165) is 10.5 Å². The van der Waals surface area contributed by atoms with Crippen LogP contribution >= 0.6 is 11.6 Å². The lowest BCUT2D eigenvalue weighted by Crippen LogP contribution is -2.40. The molecule has 14 heteroatoms. The Morgan fingerprint density at radius 3 is 2.51 bits per heavy atom. The average Bonchev–Trinajstić information content (AvgIpc) is 3.57. The molecule has 1 aliphatic rings. The van der Waals surface area contributed by atoms with Crippen molar-refractivity contribution in [2.24, 2.45) is 0 Å². The first-order valence-electron chi connectivity index (χ1n) is 10.8. The summed E-state index contributed by atoms with van der Waals surface area (Å²) in [5.74, 6) is -1.33. The summed E-state index contributed by atoms with van der Waals surface area (Å²) in [5, 5.41) is -0.335. The Bertz CT molecular complexity index is 1570. The number of imidazole rings is 1. The predicted molar refractivity (Wildman–Crippen MR) is 126 cm³/mol. The quantitative estimate of drug-likeness (QED) is 0.356. The number of amides is 1. The molecule has 0 aliphatic carbocycles. The number of alkyl halides is 3. The van der Waals surface area contributed by atoms with E-state index < -0.39 is 51.3 Å². The zero-order valence-corrected chi connectivity index (χ0v) is 20.3. The molecule has 5 rings (SSSR count). The molecule has 1 aliphatic heterocycles. The average molecular weight is 555 g/mol. The topological polar surface area (TPSA) is 117 Å². The monoisotopic (exact) mass is 554 g/mol. The van der Waals surface area contributed by atoms with Gasteiger partial charge < -0.3 is 9.32 Å². The van der Waals surface area contributed by atoms with Crippen molar-refractivity contribution in [2.75, 3.05) is 13.1 Å². The van der Waals surface area contributed by atoms with Gasteiger partial charge in [0.15, 0.2) is 11.3 Å². The molecule has 2 N–H and O–H groups in total. The van der Waals surface area contributed by atoms with Crippen LogP contribution in [0.25, 0.3) is 16.8 Å². The Balaban J connectivity index is 1.55. The first-order chi connectivity index (χ1) is 17.4. The SMILES string of the molecule is O=C(c1nc2c(C(F)(F)F)cc(-c3ccoc3)cn2c1Cl)N1CC(NS(=O)(=O)O)C(c2ccccc2)C1. The molecule has 194 valence electrons. The molecule has 2 atom stereocenters. The van der Waals surface area contributed by atoms with Crippen LogP contribution in [0.1, 0.15) is 27.5 Å². The fourth-order valence-electron chi connectivity index (χ4n) is 4.52. The summed E-state index contributed by atoms with van der Waals surface area (Å²) in [4.78, 5) is 18.6. The predicted octanol–water partition coefficient (Wildman–Crippen LogP) is 4.27. The Morgan fingerprint density at radius 1 is 1.16 bits per heavy atom. The van der Waals surface area contributed by atoms with Crippen LogP contribution in [-0.4, -0.2) is 52.3 Å². The number of carbonyl (C=O) groups is 1. The summed E-state index contributed by atoms with van der Waals surface area (Å²) in [7, 11) is -4.61. The number of furan rings is 1. The van der Waals surface area contributed by atoms with Gasteiger partial charge in [-0.3, -0.25) is 13.7 Å².